The molecule has 1 aromatic carbocycles. The third kappa shape index (κ3) is 7.47. The highest BCUT2D eigenvalue weighted by Gasteiger charge is 2.19. The number of aromatic nitrogens is 2. The Balaban J connectivity index is 1.82. The van der Waals surface area contributed by atoms with Crippen molar-refractivity contribution in [1.29, 1.82) is 0 Å². The molecule has 0 fully saturated rings. The lowest BCUT2D eigenvalue weighted by molar-refractivity contribution is -0.121. The number of carbonyl (C=O) groups is 2. The number of hydrogen-bond donors (Lipinski definition) is 1. The van der Waals surface area contributed by atoms with E-state index in [1.165, 1.54) is 24.2 Å². The van der Waals surface area contributed by atoms with Crippen LogP contribution >= 0.6 is 0 Å². The van der Waals surface area contributed by atoms with Crippen LogP contribution in [-0.4, -0.2) is 45.8 Å². The van der Waals surface area contributed by atoms with Crippen molar-refractivity contribution in [3.05, 3.63) is 60.2 Å². The van der Waals surface area contributed by atoms with Gasteiger partial charge in [0.15, 0.2) is 0 Å². The lowest BCUT2D eigenvalue weighted by Crippen LogP contribution is -2.39. The number of carbonyl (C=O) groups excluding carboxylic acids is 2. The molecule has 0 aliphatic rings. The van der Waals surface area contributed by atoms with Gasteiger partial charge in [0.05, 0.1) is 6.20 Å². The molecule has 0 saturated carbocycles. The highest BCUT2D eigenvalue weighted by Crippen LogP contribution is 2.07. The van der Waals surface area contributed by atoms with Crippen LogP contribution in [0.3, 0.4) is 0 Å². The predicted octanol–water partition coefficient (Wildman–Crippen LogP) is 3.10. The van der Waals surface area contributed by atoms with E-state index in [1.54, 1.807) is 4.90 Å². The van der Waals surface area contributed by atoms with E-state index < -0.39 is 0 Å². The van der Waals surface area contributed by atoms with E-state index in [9.17, 15) is 9.59 Å². The maximum atomic E-state index is 12.7. The molecule has 6 heteroatoms. The van der Waals surface area contributed by atoms with Gasteiger partial charge in [-0.15, -0.1) is 0 Å². The molecule has 0 bridgehead atoms. The highest BCUT2D eigenvalue weighted by atomic mass is 16.2. The minimum absolute atomic E-state index is 0.0405. The molecular weight excluding hydrogens is 352 g/mol. The summed E-state index contributed by atoms with van der Waals surface area (Å²) in [6.45, 7) is 7.04. The van der Waals surface area contributed by atoms with Crippen LogP contribution in [0.4, 0.5) is 0 Å². The number of rotatable bonds is 10. The van der Waals surface area contributed by atoms with Gasteiger partial charge in [-0.25, -0.2) is 4.98 Å². The molecule has 1 atom stereocenters. The largest absolute Gasteiger partial charge is 0.354 e. The third-order valence-corrected chi connectivity index (χ3v) is 4.38. The summed E-state index contributed by atoms with van der Waals surface area (Å²) in [5.41, 5.74) is 1.57. The van der Waals surface area contributed by atoms with E-state index >= 15 is 0 Å². The Hall–Kier alpha value is -2.76. The molecule has 150 valence electrons. The molecule has 2 amide bonds. The van der Waals surface area contributed by atoms with Crippen LogP contribution in [0.25, 0.3) is 0 Å². The molecule has 0 unspecified atom stereocenters. The fraction of sp³-hybridized carbons (Fsp3) is 0.455. The van der Waals surface area contributed by atoms with Crippen molar-refractivity contribution >= 4 is 11.8 Å². The van der Waals surface area contributed by atoms with Crippen LogP contribution in [0.5, 0.6) is 0 Å². The van der Waals surface area contributed by atoms with Crippen molar-refractivity contribution in [2.75, 3.05) is 13.1 Å². The summed E-state index contributed by atoms with van der Waals surface area (Å²) in [6.07, 6.45) is 6.57. The van der Waals surface area contributed by atoms with E-state index in [-0.39, 0.29) is 24.3 Å². The number of hydrogen-bond acceptors (Lipinski definition) is 4. The molecule has 1 aromatic heterocycles. The van der Waals surface area contributed by atoms with Crippen molar-refractivity contribution in [3.8, 4) is 0 Å². The van der Waals surface area contributed by atoms with Gasteiger partial charge in [-0.3, -0.25) is 14.6 Å². The van der Waals surface area contributed by atoms with Crippen LogP contribution in [0, 0.1) is 5.92 Å². The van der Waals surface area contributed by atoms with Gasteiger partial charge in [0.25, 0.3) is 5.91 Å². The van der Waals surface area contributed by atoms with Crippen molar-refractivity contribution in [2.24, 2.45) is 5.92 Å². The Morgan fingerprint density at radius 2 is 1.86 bits per heavy atom. The molecule has 0 radical (unpaired) electrons. The monoisotopic (exact) mass is 382 g/mol. The summed E-state index contributed by atoms with van der Waals surface area (Å²) in [5.74, 6) is 0.0708. The minimum atomic E-state index is -0.188. The lowest BCUT2D eigenvalue weighted by Gasteiger charge is -2.24. The van der Waals surface area contributed by atoms with Gasteiger partial charge in [0.2, 0.25) is 5.91 Å². The molecule has 1 N–H and O–H groups in total. The van der Waals surface area contributed by atoms with Crippen molar-refractivity contribution in [2.45, 2.75) is 46.1 Å². The third-order valence-electron chi connectivity index (χ3n) is 4.38. The van der Waals surface area contributed by atoms with Crippen LogP contribution < -0.4 is 5.32 Å². The Kier molecular flexibility index (Phi) is 8.59. The maximum Gasteiger partial charge on any atom is 0.274 e. The zero-order valence-corrected chi connectivity index (χ0v) is 17.0. The number of nitrogens with zero attached hydrogens (tertiary/aromatic N) is 3. The Bertz CT molecular complexity index is 735. The first-order chi connectivity index (χ1) is 13.5. The summed E-state index contributed by atoms with van der Waals surface area (Å²) < 4.78 is 0. The Morgan fingerprint density at radius 3 is 2.50 bits per heavy atom. The molecule has 0 aliphatic heterocycles. The average Bonchev–Trinajstić information content (AvgIpc) is 2.70. The van der Waals surface area contributed by atoms with E-state index in [1.807, 2.05) is 39.0 Å². The van der Waals surface area contributed by atoms with Gasteiger partial charge >= 0.3 is 0 Å². The van der Waals surface area contributed by atoms with Gasteiger partial charge in [-0.1, -0.05) is 44.2 Å². The quantitative estimate of drug-likeness (QED) is 0.685. The second-order valence-electron chi connectivity index (χ2n) is 7.48. The van der Waals surface area contributed by atoms with Gasteiger partial charge in [0.1, 0.15) is 5.69 Å². The second-order valence-corrected chi connectivity index (χ2v) is 7.48. The Labute approximate surface area is 167 Å². The molecule has 2 aromatic rings. The molecule has 2 rings (SSSR count). The fourth-order valence-corrected chi connectivity index (χ4v) is 2.97. The molecule has 6 nitrogen and oxygen atoms in total. The van der Waals surface area contributed by atoms with Crippen LogP contribution in [0.2, 0.25) is 0 Å². The SMILES string of the molecule is CC(C)CN(CCC(=O)N[C@H](C)CCc1ccccc1)C(=O)c1cnccn1. The van der Waals surface area contributed by atoms with Gasteiger partial charge in [-0.05, 0) is 31.2 Å². The van der Waals surface area contributed by atoms with Crippen LogP contribution in [-0.2, 0) is 11.2 Å². The second kappa shape index (κ2) is 11.2. The molecule has 0 aliphatic carbocycles. The number of nitrogens with one attached hydrogen (secondary N) is 1. The fourth-order valence-electron chi connectivity index (χ4n) is 2.97. The summed E-state index contributed by atoms with van der Waals surface area (Å²) in [5, 5.41) is 3.03. The predicted molar refractivity (Wildman–Crippen MR) is 110 cm³/mol. The molecular formula is C22H30N4O2. The summed E-state index contributed by atoms with van der Waals surface area (Å²) in [7, 11) is 0. The van der Waals surface area contributed by atoms with Crippen molar-refractivity contribution in [3.63, 3.8) is 0 Å². The van der Waals surface area contributed by atoms with Gasteiger partial charge < -0.3 is 10.2 Å². The average molecular weight is 383 g/mol. The van der Waals surface area contributed by atoms with Gasteiger partial charge in [-0.2, -0.15) is 0 Å². The zero-order chi connectivity index (χ0) is 20.4. The summed E-state index contributed by atoms with van der Waals surface area (Å²) >= 11 is 0. The van der Waals surface area contributed by atoms with Gasteiger partial charge in [0, 0.05) is 37.9 Å². The van der Waals surface area contributed by atoms with Crippen molar-refractivity contribution in [1.82, 2.24) is 20.2 Å². The standard InChI is InChI=1S/C22H30N4O2/c1-17(2)16-26(22(28)20-15-23-12-13-24-20)14-11-21(27)25-18(3)9-10-19-7-5-4-6-8-19/h4-8,12-13,15,17-18H,9-11,14,16H2,1-3H3,(H,25,27)/t18-/m1/s1. The van der Waals surface area contributed by atoms with Crippen molar-refractivity contribution < 1.29 is 9.59 Å². The zero-order valence-electron chi connectivity index (χ0n) is 17.0. The Morgan fingerprint density at radius 1 is 1.11 bits per heavy atom. The first kappa shape index (κ1) is 21.5. The number of amides is 2. The first-order valence-electron chi connectivity index (χ1n) is 9.84. The summed E-state index contributed by atoms with van der Waals surface area (Å²) in [4.78, 5) is 34.7. The van der Waals surface area contributed by atoms with Crippen LogP contribution in [0.15, 0.2) is 48.9 Å². The highest BCUT2D eigenvalue weighted by molar-refractivity contribution is 5.92. The minimum Gasteiger partial charge on any atom is -0.354 e. The topological polar surface area (TPSA) is 75.2 Å². The first-order valence-corrected chi connectivity index (χ1v) is 9.84. The number of aryl methyl sites for hydroxylation is 1. The van der Waals surface area contributed by atoms with E-state index in [4.69, 9.17) is 0 Å². The normalized spacial score (nSPS) is 11.9. The van der Waals surface area contributed by atoms with E-state index in [0.717, 1.165) is 12.8 Å². The van der Waals surface area contributed by atoms with Crippen LogP contribution in [0.1, 0.15) is 49.7 Å². The smallest absolute Gasteiger partial charge is 0.274 e. The van der Waals surface area contributed by atoms with E-state index in [0.29, 0.717) is 24.7 Å². The summed E-state index contributed by atoms with van der Waals surface area (Å²) in [6, 6.07) is 10.3. The molecule has 0 spiro atoms. The molecule has 28 heavy (non-hydrogen) atoms. The lowest BCUT2D eigenvalue weighted by atomic mass is 10.1. The number of benzene rings is 1. The molecule has 0 saturated heterocycles. The maximum absolute atomic E-state index is 12.7. The molecule has 1 heterocycles. The van der Waals surface area contributed by atoms with E-state index in [2.05, 4.69) is 27.4 Å².